The van der Waals surface area contributed by atoms with Crippen molar-refractivity contribution in [3.8, 4) is 12.3 Å². The van der Waals surface area contributed by atoms with E-state index in [2.05, 4.69) is 33.6 Å². The molecule has 128 valence electrons. The van der Waals surface area contributed by atoms with Crippen molar-refractivity contribution in [3.63, 3.8) is 0 Å². The van der Waals surface area contributed by atoms with Crippen molar-refractivity contribution in [1.29, 1.82) is 0 Å². The van der Waals surface area contributed by atoms with E-state index in [0.717, 1.165) is 48.1 Å². The minimum absolute atomic E-state index is 0.0631. The lowest BCUT2D eigenvalue weighted by molar-refractivity contribution is 0.218. The Bertz CT molecular complexity index is 861. The van der Waals surface area contributed by atoms with Crippen LogP contribution in [0.25, 0.3) is 10.2 Å². The first-order chi connectivity index (χ1) is 11.4. The number of fused-ring (bicyclic) bond motifs is 3. The first-order valence-corrected chi connectivity index (χ1v) is 9.65. The van der Waals surface area contributed by atoms with E-state index >= 15 is 0 Å². The molecule has 2 aromatic heterocycles. The molecule has 1 unspecified atom stereocenters. The lowest BCUT2D eigenvalue weighted by atomic mass is 9.72. The van der Waals surface area contributed by atoms with Gasteiger partial charge in [0.15, 0.2) is 0 Å². The molecule has 1 atom stereocenters. The lowest BCUT2D eigenvalue weighted by Gasteiger charge is -2.33. The van der Waals surface area contributed by atoms with E-state index in [1.165, 1.54) is 10.4 Å². The first-order valence-electron chi connectivity index (χ1n) is 8.84. The maximum atomic E-state index is 13.1. The van der Waals surface area contributed by atoms with Gasteiger partial charge in [0.2, 0.25) is 0 Å². The fraction of sp³-hybridized carbons (Fsp3) is 0.600. The molecule has 0 saturated carbocycles. The fourth-order valence-electron chi connectivity index (χ4n) is 3.71. The molecule has 0 aromatic carbocycles. The molecule has 0 fully saturated rings. The SMILES string of the molecule is C#CCn1c(CCC)nc2sc3c(c2c1=O)CCC(C(C)(C)C)C3. The van der Waals surface area contributed by atoms with Crippen LogP contribution >= 0.6 is 11.3 Å². The second-order valence-electron chi connectivity index (χ2n) is 7.86. The van der Waals surface area contributed by atoms with Gasteiger partial charge in [0.1, 0.15) is 10.7 Å². The third kappa shape index (κ3) is 2.91. The summed E-state index contributed by atoms with van der Waals surface area (Å²) in [5, 5.41) is 0.831. The molecule has 3 nitrogen and oxygen atoms in total. The minimum Gasteiger partial charge on any atom is -0.284 e. The summed E-state index contributed by atoms with van der Waals surface area (Å²) in [6, 6.07) is 0. The van der Waals surface area contributed by atoms with Crippen molar-refractivity contribution in [2.75, 3.05) is 0 Å². The molecule has 24 heavy (non-hydrogen) atoms. The molecule has 0 spiro atoms. The Labute approximate surface area is 148 Å². The predicted octanol–water partition coefficient (Wildman–Crippen LogP) is 4.19. The monoisotopic (exact) mass is 342 g/mol. The second-order valence-corrected chi connectivity index (χ2v) is 8.95. The third-order valence-electron chi connectivity index (χ3n) is 5.20. The minimum atomic E-state index is 0.0631. The predicted molar refractivity (Wildman–Crippen MR) is 102 cm³/mol. The van der Waals surface area contributed by atoms with E-state index in [0.29, 0.717) is 17.9 Å². The number of hydrogen-bond acceptors (Lipinski definition) is 3. The molecular weight excluding hydrogens is 316 g/mol. The molecule has 2 aromatic rings. The molecular formula is C20H26N2OS. The maximum Gasteiger partial charge on any atom is 0.263 e. The van der Waals surface area contributed by atoms with E-state index in [1.54, 1.807) is 15.9 Å². The average Bonchev–Trinajstić information content (AvgIpc) is 2.88. The number of aromatic nitrogens is 2. The number of hydrogen-bond donors (Lipinski definition) is 0. The van der Waals surface area contributed by atoms with Crippen molar-refractivity contribution in [2.45, 2.75) is 66.3 Å². The van der Waals surface area contributed by atoms with Crippen molar-refractivity contribution in [3.05, 3.63) is 26.6 Å². The molecule has 0 aliphatic heterocycles. The van der Waals surface area contributed by atoms with Crippen LogP contribution in [0.4, 0.5) is 0 Å². The van der Waals surface area contributed by atoms with E-state index < -0.39 is 0 Å². The number of nitrogens with zero attached hydrogens (tertiary/aromatic N) is 2. The van der Waals surface area contributed by atoms with E-state index in [-0.39, 0.29) is 5.56 Å². The summed E-state index contributed by atoms with van der Waals surface area (Å²) in [6.07, 6.45) is 10.4. The van der Waals surface area contributed by atoms with Crippen molar-refractivity contribution < 1.29 is 0 Å². The summed E-state index contributed by atoms with van der Waals surface area (Å²) < 4.78 is 1.70. The van der Waals surface area contributed by atoms with Crippen LogP contribution in [0, 0.1) is 23.7 Å². The van der Waals surface area contributed by atoms with Gasteiger partial charge in [-0.25, -0.2) is 4.98 Å². The summed E-state index contributed by atoms with van der Waals surface area (Å²) in [5.74, 6) is 4.11. The highest BCUT2D eigenvalue weighted by atomic mass is 32.1. The van der Waals surface area contributed by atoms with E-state index in [1.807, 2.05) is 0 Å². The first kappa shape index (κ1) is 17.2. The summed E-state index contributed by atoms with van der Waals surface area (Å²) in [6.45, 7) is 9.35. The van der Waals surface area contributed by atoms with Gasteiger partial charge in [0.25, 0.3) is 5.56 Å². The molecule has 0 bridgehead atoms. The molecule has 3 rings (SSSR count). The Morgan fingerprint density at radius 2 is 2.17 bits per heavy atom. The van der Waals surface area contributed by atoms with Crippen LogP contribution in [-0.4, -0.2) is 9.55 Å². The largest absolute Gasteiger partial charge is 0.284 e. The van der Waals surface area contributed by atoms with Gasteiger partial charge in [-0.3, -0.25) is 9.36 Å². The van der Waals surface area contributed by atoms with Crippen molar-refractivity contribution in [1.82, 2.24) is 9.55 Å². The summed E-state index contributed by atoms with van der Waals surface area (Å²) in [7, 11) is 0. The van der Waals surface area contributed by atoms with Gasteiger partial charge < -0.3 is 0 Å². The third-order valence-corrected chi connectivity index (χ3v) is 6.34. The molecule has 0 N–H and O–H groups in total. The normalized spacial score (nSPS) is 17.7. The number of thiophene rings is 1. The quantitative estimate of drug-likeness (QED) is 0.784. The molecule has 0 amide bonds. The Morgan fingerprint density at radius 1 is 1.42 bits per heavy atom. The average molecular weight is 343 g/mol. The highest BCUT2D eigenvalue weighted by Crippen LogP contribution is 2.42. The van der Waals surface area contributed by atoms with Crippen LogP contribution in [0.1, 0.15) is 56.8 Å². The topological polar surface area (TPSA) is 34.9 Å². The zero-order valence-corrected chi connectivity index (χ0v) is 15.9. The summed E-state index contributed by atoms with van der Waals surface area (Å²) in [4.78, 5) is 20.2. The Morgan fingerprint density at radius 3 is 2.79 bits per heavy atom. The number of aryl methyl sites for hydroxylation is 2. The van der Waals surface area contributed by atoms with E-state index in [9.17, 15) is 4.79 Å². The fourth-order valence-corrected chi connectivity index (χ4v) is 5.02. The number of terminal acetylenes is 1. The van der Waals surface area contributed by atoms with E-state index in [4.69, 9.17) is 11.4 Å². The van der Waals surface area contributed by atoms with Gasteiger partial charge in [-0.15, -0.1) is 17.8 Å². The van der Waals surface area contributed by atoms with Gasteiger partial charge in [-0.1, -0.05) is 33.6 Å². The Kier molecular flexibility index (Phi) is 4.57. The molecule has 4 heteroatoms. The second kappa shape index (κ2) is 6.37. The van der Waals surface area contributed by atoms with Crippen LogP contribution in [0.15, 0.2) is 4.79 Å². The van der Waals surface area contributed by atoms with Gasteiger partial charge >= 0.3 is 0 Å². The molecule has 2 heterocycles. The van der Waals surface area contributed by atoms with Crippen LogP contribution in [0.3, 0.4) is 0 Å². The molecule has 0 saturated heterocycles. The smallest absolute Gasteiger partial charge is 0.263 e. The highest BCUT2D eigenvalue weighted by molar-refractivity contribution is 7.18. The standard InChI is InChI=1S/C20H26N2OS/c1-6-8-16-21-18-17(19(23)22(16)11-7-2)14-10-9-13(20(3,4)5)12-15(14)24-18/h2,13H,6,8-12H2,1,3-5H3. The number of rotatable bonds is 3. The van der Waals surface area contributed by atoms with Crippen LogP contribution in [-0.2, 0) is 25.8 Å². The zero-order valence-electron chi connectivity index (χ0n) is 15.1. The van der Waals surface area contributed by atoms with Gasteiger partial charge in [0, 0.05) is 11.3 Å². The molecule has 0 radical (unpaired) electrons. The maximum absolute atomic E-state index is 13.1. The lowest BCUT2D eigenvalue weighted by Crippen LogP contribution is -2.28. The van der Waals surface area contributed by atoms with Crippen LogP contribution < -0.4 is 5.56 Å². The zero-order chi connectivity index (χ0) is 17.5. The molecule has 1 aliphatic carbocycles. The van der Waals surface area contributed by atoms with Gasteiger partial charge in [-0.2, -0.15) is 0 Å². The van der Waals surface area contributed by atoms with Crippen LogP contribution in [0.2, 0.25) is 0 Å². The Hall–Kier alpha value is -1.60. The van der Waals surface area contributed by atoms with Gasteiger partial charge in [0.05, 0.1) is 11.9 Å². The van der Waals surface area contributed by atoms with Gasteiger partial charge in [-0.05, 0) is 42.6 Å². The highest BCUT2D eigenvalue weighted by Gasteiger charge is 2.32. The Balaban J connectivity index is 2.16. The summed E-state index contributed by atoms with van der Waals surface area (Å²) in [5.41, 5.74) is 1.60. The summed E-state index contributed by atoms with van der Waals surface area (Å²) >= 11 is 1.72. The van der Waals surface area contributed by atoms with Crippen molar-refractivity contribution in [2.24, 2.45) is 11.3 Å². The van der Waals surface area contributed by atoms with Crippen LogP contribution in [0.5, 0.6) is 0 Å². The van der Waals surface area contributed by atoms with Crippen molar-refractivity contribution >= 4 is 21.6 Å². The molecule has 1 aliphatic rings.